The second kappa shape index (κ2) is 6.87. The highest BCUT2D eigenvalue weighted by atomic mass is 35.5. The largest absolute Gasteiger partial charge is 0.497 e. The highest BCUT2D eigenvalue weighted by Gasteiger charge is 2.12. The van der Waals surface area contributed by atoms with Crippen LogP contribution in [-0.2, 0) is 0 Å². The lowest BCUT2D eigenvalue weighted by atomic mass is 10.0. The molecule has 0 aromatic heterocycles. The Bertz CT molecular complexity index is 569. The summed E-state index contributed by atoms with van der Waals surface area (Å²) in [5.41, 5.74) is 2.03. The molecule has 2 rings (SSSR count). The van der Waals surface area contributed by atoms with Crippen molar-refractivity contribution in [3.05, 3.63) is 58.1 Å². The molecule has 2 aromatic carbocycles. The maximum Gasteiger partial charge on any atom is 0.118 e. The Morgan fingerprint density at radius 1 is 1.10 bits per heavy atom. The van der Waals surface area contributed by atoms with Crippen LogP contribution in [0.15, 0.2) is 42.5 Å². The Morgan fingerprint density at radius 2 is 1.80 bits per heavy atom. The molecular formula is C16H17Cl2NO. The van der Waals surface area contributed by atoms with Gasteiger partial charge in [0.25, 0.3) is 0 Å². The number of hydrogen-bond acceptors (Lipinski definition) is 2. The molecule has 1 atom stereocenters. The second-order valence-corrected chi connectivity index (χ2v) is 5.26. The Labute approximate surface area is 129 Å². The molecule has 0 aliphatic rings. The van der Waals surface area contributed by atoms with Crippen LogP contribution in [0.5, 0.6) is 5.75 Å². The van der Waals surface area contributed by atoms with Crippen molar-refractivity contribution in [3.8, 4) is 5.75 Å². The molecule has 2 nitrogen and oxygen atoms in total. The Hall–Kier alpha value is -1.38. The van der Waals surface area contributed by atoms with Gasteiger partial charge in [-0.05, 0) is 36.2 Å². The number of halogens is 2. The van der Waals surface area contributed by atoms with Gasteiger partial charge in [-0.25, -0.2) is 0 Å². The molecule has 1 N–H and O–H groups in total. The summed E-state index contributed by atoms with van der Waals surface area (Å²) < 4.78 is 5.18. The molecule has 0 saturated carbocycles. The van der Waals surface area contributed by atoms with Gasteiger partial charge in [0.05, 0.1) is 28.9 Å². The zero-order valence-corrected chi connectivity index (χ0v) is 13.0. The van der Waals surface area contributed by atoms with Gasteiger partial charge < -0.3 is 10.1 Å². The van der Waals surface area contributed by atoms with Gasteiger partial charge in [-0.3, -0.25) is 0 Å². The number of ether oxygens (including phenoxy) is 1. The first-order valence-electron chi connectivity index (χ1n) is 6.50. The number of hydrogen-bond donors (Lipinski definition) is 1. The molecule has 0 aliphatic heterocycles. The van der Waals surface area contributed by atoms with Gasteiger partial charge in [-0.15, -0.1) is 0 Å². The molecule has 0 spiro atoms. The van der Waals surface area contributed by atoms with Gasteiger partial charge in [0, 0.05) is 0 Å². The topological polar surface area (TPSA) is 21.3 Å². The summed E-state index contributed by atoms with van der Waals surface area (Å²) in [7, 11) is 1.66. The minimum atomic E-state index is 0.178. The summed E-state index contributed by atoms with van der Waals surface area (Å²) in [5.74, 6) is 0.851. The van der Waals surface area contributed by atoms with Crippen molar-refractivity contribution in [1.29, 1.82) is 0 Å². The number of nitrogens with one attached hydrogen (secondary N) is 1. The van der Waals surface area contributed by atoms with Crippen LogP contribution in [0.4, 0.5) is 5.69 Å². The zero-order valence-electron chi connectivity index (χ0n) is 11.5. The molecule has 2 aromatic rings. The van der Waals surface area contributed by atoms with Crippen LogP contribution < -0.4 is 10.1 Å². The molecule has 4 heteroatoms. The molecule has 1 unspecified atom stereocenters. The number of rotatable bonds is 5. The van der Waals surface area contributed by atoms with E-state index >= 15 is 0 Å². The molecule has 0 heterocycles. The van der Waals surface area contributed by atoms with E-state index in [0.29, 0.717) is 10.0 Å². The summed E-state index contributed by atoms with van der Waals surface area (Å²) >= 11 is 12.3. The number of benzene rings is 2. The Kier molecular flexibility index (Phi) is 5.16. The van der Waals surface area contributed by atoms with E-state index in [1.165, 1.54) is 5.56 Å². The fraction of sp³-hybridized carbons (Fsp3) is 0.250. The maximum atomic E-state index is 6.21. The number of anilines is 1. The van der Waals surface area contributed by atoms with Gasteiger partial charge in [0.15, 0.2) is 0 Å². The molecule has 0 saturated heterocycles. The summed E-state index contributed by atoms with van der Waals surface area (Å²) in [6.45, 7) is 2.13. The first kappa shape index (κ1) is 15.0. The van der Waals surface area contributed by atoms with Crippen molar-refractivity contribution in [2.75, 3.05) is 12.4 Å². The van der Waals surface area contributed by atoms with Crippen molar-refractivity contribution in [2.24, 2.45) is 0 Å². The lowest BCUT2D eigenvalue weighted by molar-refractivity contribution is 0.414. The van der Waals surface area contributed by atoms with Crippen LogP contribution in [-0.4, -0.2) is 7.11 Å². The minimum Gasteiger partial charge on any atom is -0.497 e. The van der Waals surface area contributed by atoms with Crippen molar-refractivity contribution < 1.29 is 4.74 Å². The minimum absolute atomic E-state index is 0.178. The van der Waals surface area contributed by atoms with Crippen LogP contribution in [0.2, 0.25) is 10.0 Å². The second-order valence-electron chi connectivity index (χ2n) is 4.48. The lowest BCUT2D eigenvalue weighted by Crippen LogP contribution is -2.10. The van der Waals surface area contributed by atoms with Gasteiger partial charge in [-0.2, -0.15) is 0 Å². The zero-order chi connectivity index (χ0) is 14.5. The third-order valence-corrected chi connectivity index (χ3v) is 4.03. The highest BCUT2D eigenvalue weighted by molar-refractivity contribution is 6.43. The van der Waals surface area contributed by atoms with Crippen LogP contribution in [0.1, 0.15) is 24.9 Å². The van der Waals surface area contributed by atoms with E-state index in [2.05, 4.69) is 24.4 Å². The molecule has 20 heavy (non-hydrogen) atoms. The van der Waals surface area contributed by atoms with Crippen molar-refractivity contribution in [2.45, 2.75) is 19.4 Å². The van der Waals surface area contributed by atoms with Crippen LogP contribution in [0.3, 0.4) is 0 Å². The summed E-state index contributed by atoms with van der Waals surface area (Å²) in [6.07, 6.45) is 0.940. The quantitative estimate of drug-likeness (QED) is 0.780. The average Bonchev–Trinajstić information content (AvgIpc) is 2.49. The predicted octanol–water partition coefficient (Wildman–Crippen LogP) is 5.57. The van der Waals surface area contributed by atoms with Crippen LogP contribution in [0.25, 0.3) is 0 Å². The monoisotopic (exact) mass is 309 g/mol. The fourth-order valence-corrected chi connectivity index (χ4v) is 2.42. The van der Waals surface area contributed by atoms with Crippen LogP contribution >= 0.6 is 23.2 Å². The molecule has 0 amide bonds. The average molecular weight is 310 g/mol. The highest BCUT2D eigenvalue weighted by Crippen LogP contribution is 2.33. The van der Waals surface area contributed by atoms with Gasteiger partial charge in [0.2, 0.25) is 0 Å². The van der Waals surface area contributed by atoms with Gasteiger partial charge in [0.1, 0.15) is 5.75 Å². The third-order valence-electron chi connectivity index (χ3n) is 3.21. The van der Waals surface area contributed by atoms with E-state index in [-0.39, 0.29) is 6.04 Å². The smallest absolute Gasteiger partial charge is 0.118 e. The first-order chi connectivity index (χ1) is 9.65. The van der Waals surface area contributed by atoms with E-state index in [1.807, 2.05) is 24.3 Å². The van der Waals surface area contributed by atoms with Crippen molar-refractivity contribution in [3.63, 3.8) is 0 Å². The maximum absolute atomic E-state index is 6.21. The molecule has 0 fully saturated rings. The Morgan fingerprint density at radius 3 is 2.40 bits per heavy atom. The molecule has 0 bridgehead atoms. The molecular weight excluding hydrogens is 293 g/mol. The van der Waals surface area contributed by atoms with E-state index in [9.17, 15) is 0 Å². The molecule has 0 aliphatic carbocycles. The van der Waals surface area contributed by atoms with Gasteiger partial charge in [-0.1, -0.05) is 48.3 Å². The number of methoxy groups -OCH3 is 1. The van der Waals surface area contributed by atoms with Crippen molar-refractivity contribution in [1.82, 2.24) is 0 Å². The fourth-order valence-electron chi connectivity index (χ4n) is 2.06. The van der Waals surface area contributed by atoms with E-state index in [1.54, 1.807) is 13.2 Å². The van der Waals surface area contributed by atoms with E-state index in [4.69, 9.17) is 27.9 Å². The van der Waals surface area contributed by atoms with Gasteiger partial charge >= 0.3 is 0 Å². The van der Waals surface area contributed by atoms with Crippen LogP contribution in [0, 0.1) is 0 Å². The summed E-state index contributed by atoms with van der Waals surface area (Å²) in [4.78, 5) is 0. The molecule has 106 valence electrons. The third kappa shape index (κ3) is 3.38. The van der Waals surface area contributed by atoms with Crippen molar-refractivity contribution >= 4 is 28.9 Å². The summed E-state index contributed by atoms with van der Waals surface area (Å²) in [6, 6.07) is 13.8. The summed E-state index contributed by atoms with van der Waals surface area (Å²) in [5, 5.41) is 4.55. The predicted molar refractivity (Wildman–Crippen MR) is 86.1 cm³/mol. The SMILES string of the molecule is CCC(Nc1cccc(Cl)c1Cl)c1ccc(OC)cc1. The normalized spacial score (nSPS) is 12.0. The molecule has 0 radical (unpaired) electrons. The first-order valence-corrected chi connectivity index (χ1v) is 7.25. The lowest BCUT2D eigenvalue weighted by Gasteiger charge is -2.20. The Balaban J connectivity index is 2.21. The van der Waals surface area contributed by atoms with E-state index < -0.39 is 0 Å². The van der Waals surface area contributed by atoms with E-state index in [0.717, 1.165) is 17.9 Å². The standard InChI is InChI=1S/C16H17Cl2NO/c1-3-14(11-7-9-12(20-2)10-8-11)19-15-6-4-5-13(17)16(15)18/h4-10,14,19H,3H2,1-2H3.